The van der Waals surface area contributed by atoms with Gasteiger partial charge in [-0.2, -0.15) is 5.26 Å². The zero-order valence-electron chi connectivity index (χ0n) is 20.3. The molecule has 0 radical (unpaired) electrons. The molecule has 0 amide bonds. The summed E-state index contributed by atoms with van der Waals surface area (Å²) in [6.45, 7) is 0. The number of nitrogens with zero attached hydrogens (tertiary/aromatic N) is 5. The monoisotopic (exact) mass is 527 g/mol. The first kappa shape index (κ1) is 23.8. The molecule has 0 N–H and O–H groups in total. The second-order valence-corrected chi connectivity index (χ2v) is 12.0. The summed E-state index contributed by atoms with van der Waals surface area (Å²) in [6.07, 6.45) is 8.71. The van der Waals surface area contributed by atoms with Crippen molar-refractivity contribution in [2.75, 3.05) is 6.26 Å². The molecule has 0 saturated heterocycles. The molecule has 1 aliphatic rings. The van der Waals surface area contributed by atoms with Gasteiger partial charge in [0.25, 0.3) is 10.0 Å². The van der Waals surface area contributed by atoms with Crippen LogP contribution in [-0.2, 0) is 10.0 Å². The van der Waals surface area contributed by atoms with E-state index in [9.17, 15) is 13.7 Å². The van der Waals surface area contributed by atoms with Crippen molar-refractivity contribution in [1.29, 1.82) is 5.26 Å². The third-order valence-corrected chi connectivity index (χ3v) is 9.65. The Morgan fingerprint density at radius 1 is 1.00 bits per heavy atom. The number of imidazole rings is 1. The molecular formula is C28H25N5O2S2. The van der Waals surface area contributed by atoms with Crippen molar-refractivity contribution in [2.24, 2.45) is 5.92 Å². The highest BCUT2D eigenvalue weighted by atomic mass is 32.2. The van der Waals surface area contributed by atoms with Crippen molar-refractivity contribution < 1.29 is 8.42 Å². The third kappa shape index (κ3) is 4.01. The molecule has 0 spiro atoms. The second-order valence-electron chi connectivity index (χ2n) is 9.33. The maximum Gasteiger partial charge on any atom is 0.269 e. The van der Waals surface area contributed by atoms with Crippen LogP contribution in [0.4, 0.5) is 0 Å². The number of pyridine rings is 1. The predicted molar refractivity (Wildman–Crippen MR) is 146 cm³/mol. The van der Waals surface area contributed by atoms with E-state index in [-0.39, 0.29) is 16.9 Å². The van der Waals surface area contributed by atoms with Crippen molar-refractivity contribution in [3.63, 3.8) is 0 Å². The van der Waals surface area contributed by atoms with Crippen LogP contribution in [0.3, 0.4) is 0 Å². The maximum atomic E-state index is 13.5. The Kier molecular flexibility index (Phi) is 6.01. The van der Waals surface area contributed by atoms with E-state index in [1.54, 1.807) is 54.5 Å². The molecule has 186 valence electrons. The van der Waals surface area contributed by atoms with Crippen LogP contribution in [0.15, 0.2) is 82.8 Å². The normalized spacial score (nSPS) is 18.3. The van der Waals surface area contributed by atoms with Gasteiger partial charge in [0.05, 0.1) is 22.7 Å². The fraction of sp³-hybridized carbons (Fsp3) is 0.250. The van der Waals surface area contributed by atoms with Gasteiger partial charge in [-0.15, -0.1) is 11.8 Å². The lowest BCUT2D eigenvalue weighted by atomic mass is 9.86. The fourth-order valence-electron chi connectivity index (χ4n) is 5.31. The van der Waals surface area contributed by atoms with Gasteiger partial charge < -0.3 is 4.57 Å². The smallest absolute Gasteiger partial charge is 0.269 e. The first-order valence-corrected chi connectivity index (χ1v) is 14.9. The molecule has 37 heavy (non-hydrogen) atoms. The quantitative estimate of drug-likeness (QED) is 0.250. The predicted octanol–water partition coefficient (Wildman–Crippen LogP) is 6.27. The molecule has 9 heteroatoms. The molecule has 1 saturated carbocycles. The largest absolute Gasteiger partial charge is 0.320 e. The van der Waals surface area contributed by atoms with Crippen LogP contribution in [-0.4, -0.2) is 33.2 Å². The molecule has 5 aromatic rings. The van der Waals surface area contributed by atoms with E-state index in [1.807, 2.05) is 6.07 Å². The fourth-order valence-corrected chi connectivity index (χ4v) is 7.04. The summed E-state index contributed by atoms with van der Waals surface area (Å²) in [6, 6.07) is 21.2. The minimum atomic E-state index is -3.81. The SMILES string of the molecule is CSc1ccc(-c2nc3cnc4c(ccn4S(=O)(=O)c4ccccc4)c3n2C2CCC(C#N)CC2)cc1. The first-order chi connectivity index (χ1) is 18.0. The van der Waals surface area contributed by atoms with Gasteiger partial charge in [0, 0.05) is 34.0 Å². The van der Waals surface area contributed by atoms with E-state index in [2.05, 4.69) is 46.1 Å². The van der Waals surface area contributed by atoms with Crippen LogP contribution < -0.4 is 0 Å². The Balaban J connectivity index is 1.57. The van der Waals surface area contributed by atoms with Gasteiger partial charge in [-0.05, 0) is 62.3 Å². The summed E-state index contributed by atoms with van der Waals surface area (Å²) in [4.78, 5) is 11.0. The van der Waals surface area contributed by atoms with Gasteiger partial charge in [0.1, 0.15) is 11.3 Å². The van der Waals surface area contributed by atoms with Gasteiger partial charge in [-0.3, -0.25) is 0 Å². The molecule has 6 rings (SSSR count). The van der Waals surface area contributed by atoms with Crippen molar-refractivity contribution in [2.45, 2.75) is 41.5 Å². The number of rotatable bonds is 5. The number of fused-ring (bicyclic) bond motifs is 3. The van der Waals surface area contributed by atoms with Crippen molar-refractivity contribution in [3.05, 3.63) is 73.1 Å². The molecule has 3 aromatic heterocycles. The number of hydrogen-bond donors (Lipinski definition) is 0. The molecule has 0 bridgehead atoms. The average molecular weight is 528 g/mol. The first-order valence-electron chi connectivity index (χ1n) is 12.2. The van der Waals surface area contributed by atoms with Crippen molar-refractivity contribution in [3.8, 4) is 17.5 Å². The molecule has 1 fully saturated rings. The Bertz CT molecular complexity index is 1740. The van der Waals surface area contributed by atoms with Crippen LogP contribution >= 0.6 is 11.8 Å². The highest BCUT2D eigenvalue weighted by Crippen LogP contribution is 2.40. The summed E-state index contributed by atoms with van der Waals surface area (Å²) < 4.78 is 30.4. The zero-order chi connectivity index (χ0) is 25.6. The minimum absolute atomic E-state index is 0.0779. The number of thioether (sulfide) groups is 1. The second kappa shape index (κ2) is 9.36. The summed E-state index contributed by atoms with van der Waals surface area (Å²) >= 11 is 1.69. The van der Waals surface area contributed by atoms with Crippen LogP contribution in [0, 0.1) is 17.2 Å². The van der Waals surface area contributed by atoms with Crippen LogP contribution in [0.5, 0.6) is 0 Å². The maximum absolute atomic E-state index is 13.5. The molecule has 2 aromatic carbocycles. The van der Waals surface area contributed by atoms with E-state index in [0.29, 0.717) is 5.65 Å². The molecule has 0 atom stereocenters. The van der Waals surface area contributed by atoms with Gasteiger partial charge in [-0.1, -0.05) is 30.3 Å². The van der Waals surface area contributed by atoms with Gasteiger partial charge in [0.15, 0.2) is 5.65 Å². The lowest BCUT2D eigenvalue weighted by Gasteiger charge is -2.28. The van der Waals surface area contributed by atoms with E-state index >= 15 is 0 Å². The number of hydrogen-bond acceptors (Lipinski definition) is 6. The van der Waals surface area contributed by atoms with Gasteiger partial charge >= 0.3 is 0 Å². The molecule has 7 nitrogen and oxygen atoms in total. The van der Waals surface area contributed by atoms with Crippen LogP contribution in [0.1, 0.15) is 31.7 Å². The highest BCUT2D eigenvalue weighted by molar-refractivity contribution is 7.98. The molecule has 0 unspecified atom stereocenters. The Morgan fingerprint density at radius 3 is 2.41 bits per heavy atom. The molecule has 1 aliphatic carbocycles. The van der Waals surface area contributed by atoms with E-state index in [4.69, 9.17) is 4.98 Å². The highest BCUT2D eigenvalue weighted by Gasteiger charge is 2.29. The van der Waals surface area contributed by atoms with Gasteiger partial charge in [-0.25, -0.2) is 22.4 Å². The lowest BCUT2D eigenvalue weighted by Crippen LogP contribution is -2.18. The topological polar surface area (TPSA) is 93.6 Å². The zero-order valence-corrected chi connectivity index (χ0v) is 21.9. The summed E-state index contributed by atoms with van der Waals surface area (Å²) in [5.74, 6) is 0.921. The number of benzene rings is 2. The van der Waals surface area contributed by atoms with Crippen LogP contribution in [0.25, 0.3) is 33.5 Å². The average Bonchev–Trinajstić information content (AvgIpc) is 3.56. The molecular weight excluding hydrogens is 502 g/mol. The number of aromatic nitrogens is 4. The van der Waals surface area contributed by atoms with Crippen molar-refractivity contribution >= 4 is 43.9 Å². The van der Waals surface area contributed by atoms with E-state index in [1.165, 1.54) is 8.87 Å². The Labute approximate surface area is 219 Å². The van der Waals surface area contributed by atoms with Crippen LogP contribution in [0.2, 0.25) is 0 Å². The summed E-state index contributed by atoms with van der Waals surface area (Å²) in [5, 5.41) is 10.2. The van der Waals surface area contributed by atoms with Gasteiger partial charge in [0.2, 0.25) is 0 Å². The standard InChI is InChI=1S/C28H25N5O2S2/c1-36-22-13-9-20(10-14-22)27-31-25-18-30-28-24(26(25)33(27)21-11-7-19(17-29)8-12-21)15-16-32(28)37(34,35)23-5-3-2-4-6-23/h2-6,9-10,13-16,18-19,21H,7-8,11-12H2,1H3. The Morgan fingerprint density at radius 2 is 1.73 bits per heavy atom. The lowest BCUT2D eigenvalue weighted by molar-refractivity contribution is 0.320. The molecule has 0 aliphatic heterocycles. The minimum Gasteiger partial charge on any atom is -0.320 e. The summed E-state index contributed by atoms with van der Waals surface area (Å²) in [5.41, 5.74) is 3.00. The van der Waals surface area contributed by atoms with E-state index < -0.39 is 10.0 Å². The third-order valence-electron chi connectivity index (χ3n) is 7.22. The van der Waals surface area contributed by atoms with E-state index in [0.717, 1.165) is 53.5 Å². The molecule has 3 heterocycles. The number of nitriles is 1. The summed E-state index contributed by atoms with van der Waals surface area (Å²) in [7, 11) is -3.81. The Hall–Kier alpha value is -3.61. The van der Waals surface area contributed by atoms with Crippen molar-refractivity contribution in [1.82, 2.24) is 18.5 Å².